The lowest BCUT2D eigenvalue weighted by Gasteiger charge is -2.58. The number of hydrogen-bond acceptors (Lipinski definition) is 2. The van der Waals surface area contributed by atoms with Crippen molar-refractivity contribution in [1.82, 2.24) is 0 Å². The summed E-state index contributed by atoms with van der Waals surface area (Å²) < 4.78 is 6.33. The van der Waals surface area contributed by atoms with Crippen LogP contribution in [0.15, 0.2) is 121 Å². The SMILES string of the molecule is CC(C)CO[C@H]1C[C@](c2ccccc2)([Si](c2ccccc2)(c2ccccc2)c2ccccc2)S1. The molecule has 5 rings (SSSR count). The Balaban J connectivity index is 1.79. The first-order chi connectivity index (χ1) is 16.7. The van der Waals surface area contributed by atoms with Crippen LogP contribution in [0.1, 0.15) is 25.8 Å². The van der Waals surface area contributed by atoms with Crippen molar-refractivity contribution in [1.29, 1.82) is 0 Å². The smallest absolute Gasteiger partial charge is 0.168 e. The van der Waals surface area contributed by atoms with Crippen LogP contribution >= 0.6 is 11.8 Å². The van der Waals surface area contributed by atoms with Crippen molar-refractivity contribution in [2.24, 2.45) is 5.92 Å². The van der Waals surface area contributed by atoms with Gasteiger partial charge in [-0.3, -0.25) is 0 Å². The predicted octanol–water partition coefficient (Wildman–Crippen LogP) is 5.73. The summed E-state index contributed by atoms with van der Waals surface area (Å²) in [4.78, 5) is 0. The predicted molar refractivity (Wildman–Crippen MR) is 149 cm³/mol. The van der Waals surface area contributed by atoms with E-state index >= 15 is 0 Å². The van der Waals surface area contributed by atoms with Gasteiger partial charge in [-0.15, -0.1) is 11.8 Å². The van der Waals surface area contributed by atoms with Gasteiger partial charge in [-0.1, -0.05) is 135 Å². The van der Waals surface area contributed by atoms with Gasteiger partial charge in [0.05, 0.1) is 11.0 Å². The highest BCUT2D eigenvalue weighted by Gasteiger charge is 2.64. The highest BCUT2D eigenvalue weighted by atomic mass is 32.2. The molecule has 1 aliphatic rings. The first kappa shape index (κ1) is 23.2. The van der Waals surface area contributed by atoms with Gasteiger partial charge in [-0.2, -0.15) is 0 Å². The summed E-state index contributed by atoms with van der Waals surface area (Å²) in [6.45, 7) is 5.26. The van der Waals surface area contributed by atoms with Gasteiger partial charge >= 0.3 is 0 Å². The number of thioether (sulfide) groups is 1. The average molecular weight is 481 g/mol. The summed E-state index contributed by atoms with van der Waals surface area (Å²) >= 11 is 2.05. The maximum Gasteiger partial charge on any atom is 0.168 e. The van der Waals surface area contributed by atoms with Crippen LogP contribution in [0.4, 0.5) is 0 Å². The first-order valence-electron chi connectivity index (χ1n) is 12.2. The zero-order chi connectivity index (χ0) is 23.4. The molecule has 4 aromatic carbocycles. The topological polar surface area (TPSA) is 9.23 Å². The summed E-state index contributed by atoms with van der Waals surface area (Å²) in [6.07, 6.45) is 1.01. The van der Waals surface area contributed by atoms with Crippen LogP contribution in [0.3, 0.4) is 0 Å². The molecule has 0 N–H and O–H groups in total. The molecule has 0 radical (unpaired) electrons. The Hall–Kier alpha value is -2.59. The molecule has 0 aliphatic carbocycles. The largest absolute Gasteiger partial charge is 0.367 e. The van der Waals surface area contributed by atoms with Crippen LogP contribution in [0.25, 0.3) is 0 Å². The zero-order valence-electron chi connectivity index (χ0n) is 19.9. The number of rotatable bonds is 8. The number of ether oxygens (including phenoxy) is 1. The van der Waals surface area contributed by atoms with Crippen molar-refractivity contribution in [2.45, 2.75) is 30.1 Å². The van der Waals surface area contributed by atoms with E-state index in [-0.39, 0.29) is 9.81 Å². The molecule has 0 amide bonds. The van der Waals surface area contributed by atoms with Crippen molar-refractivity contribution in [2.75, 3.05) is 6.61 Å². The molecule has 4 aromatic rings. The van der Waals surface area contributed by atoms with Gasteiger partial charge in [-0.05, 0) is 27.0 Å². The quantitative estimate of drug-likeness (QED) is 0.235. The molecule has 1 nitrogen and oxygen atoms in total. The first-order valence-corrected chi connectivity index (χ1v) is 15.1. The molecule has 0 saturated carbocycles. The second-order valence-electron chi connectivity index (χ2n) is 9.52. The second-order valence-corrected chi connectivity index (χ2v) is 15.4. The van der Waals surface area contributed by atoms with Gasteiger partial charge in [0.15, 0.2) is 8.07 Å². The molecule has 0 unspecified atom stereocenters. The average Bonchev–Trinajstić information content (AvgIpc) is 2.87. The van der Waals surface area contributed by atoms with E-state index in [0.29, 0.717) is 5.92 Å². The fraction of sp³-hybridized carbons (Fsp3) is 0.226. The summed E-state index contributed by atoms with van der Waals surface area (Å²) in [5, 5.41) is 4.35. The minimum Gasteiger partial charge on any atom is -0.367 e. The maximum atomic E-state index is 6.40. The van der Waals surface area contributed by atoms with Gasteiger partial charge in [0, 0.05) is 6.42 Å². The summed E-state index contributed by atoms with van der Waals surface area (Å²) in [5.74, 6) is 0.534. The van der Waals surface area contributed by atoms with Crippen LogP contribution in [-0.2, 0) is 9.11 Å². The van der Waals surface area contributed by atoms with Crippen molar-refractivity contribution in [3.05, 3.63) is 127 Å². The van der Waals surface area contributed by atoms with Gasteiger partial charge in [0.25, 0.3) is 0 Å². The van der Waals surface area contributed by atoms with E-state index in [1.165, 1.54) is 21.1 Å². The van der Waals surface area contributed by atoms with Crippen molar-refractivity contribution >= 4 is 35.4 Å². The number of hydrogen-bond donors (Lipinski definition) is 0. The Labute approximate surface area is 209 Å². The van der Waals surface area contributed by atoms with Gasteiger partial charge in [-0.25, -0.2) is 0 Å². The molecular formula is C31H32OSSi. The lowest BCUT2D eigenvalue weighted by Crippen LogP contribution is -2.80. The fourth-order valence-corrected chi connectivity index (χ4v) is 14.5. The van der Waals surface area contributed by atoms with Crippen LogP contribution in [0.5, 0.6) is 0 Å². The van der Waals surface area contributed by atoms with E-state index in [0.717, 1.165) is 13.0 Å². The standard InChI is InChI=1S/C31H32OSSi/c1-25(2)24-32-30-23-31(33-30,26-15-7-3-8-16-26)34(27-17-9-4-10-18-27,28-19-11-5-12-20-28)29-21-13-6-14-22-29/h3-22,25,30H,23-24H2,1-2H3/t30-,31-/m1/s1. The summed E-state index contributed by atoms with van der Waals surface area (Å²) in [6, 6.07) is 45.0. The lowest BCUT2D eigenvalue weighted by molar-refractivity contribution is 0.0705. The van der Waals surface area contributed by atoms with E-state index in [1.807, 2.05) is 11.8 Å². The van der Waals surface area contributed by atoms with Crippen molar-refractivity contribution < 1.29 is 4.74 Å². The Morgan fingerprint density at radius 3 is 1.47 bits per heavy atom. The van der Waals surface area contributed by atoms with E-state index in [2.05, 4.69) is 135 Å². The molecular weight excluding hydrogens is 448 g/mol. The van der Waals surface area contributed by atoms with E-state index < -0.39 is 8.07 Å². The normalized spacial score (nSPS) is 20.1. The highest BCUT2D eigenvalue weighted by Crippen LogP contribution is 2.59. The molecule has 1 heterocycles. The van der Waals surface area contributed by atoms with E-state index in [9.17, 15) is 0 Å². The van der Waals surface area contributed by atoms with Gasteiger partial charge in [0.1, 0.15) is 5.44 Å². The zero-order valence-corrected chi connectivity index (χ0v) is 21.7. The molecule has 172 valence electrons. The lowest BCUT2D eigenvalue weighted by atomic mass is 10.1. The Kier molecular flexibility index (Phi) is 6.78. The van der Waals surface area contributed by atoms with Crippen LogP contribution in [-0.4, -0.2) is 20.1 Å². The van der Waals surface area contributed by atoms with Crippen molar-refractivity contribution in [3.8, 4) is 0 Å². The minimum atomic E-state index is -2.55. The monoisotopic (exact) mass is 480 g/mol. The highest BCUT2D eigenvalue weighted by molar-refractivity contribution is 8.04. The molecule has 1 aliphatic heterocycles. The Morgan fingerprint density at radius 1 is 0.706 bits per heavy atom. The summed E-state index contributed by atoms with van der Waals surface area (Å²) in [5.41, 5.74) is 1.62. The molecule has 0 bridgehead atoms. The molecule has 3 heteroatoms. The third-order valence-electron chi connectivity index (χ3n) is 6.87. The van der Waals surface area contributed by atoms with E-state index in [4.69, 9.17) is 4.74 Å². The summed E-state index contributed by atoms with van der Waals surface area (Å²) in [7, 11) is -2.55. The van der Waals surface area contributed by atoms with Crippen LogP contribution in [0.2, 0.25) is 0 Å². The molecule has 34 heavy (non-hydrogen) atoms. The van der Waals surface area contributed by atoms with Crippen LogP contribution in [0, 0.1) is 5.92 Å². The van der Waals surface area contributed by atoms with Crippen molar-refractivity contribution in [3.63, 3.8) is 0 Å². The molecule has 0 spiro atoms. The maximum absolute atomic E-state index is 6.40. The third kappa shape index (κ3) is 3.96. The Morgan fingerprint density at radius 2 is 1.09 bits per heavy atom. The van der Waals surface area contributed by atoms with Crippen LogP contribution < -0.4 is 15.6 Å². The third-order valence-corrected chi connectivity index (χ3v) is 14.8. The number of benzene rings is 4. The second kappa shape index (κ2) is 9.95. The fourth-order valence-electron chi connectivity index (χ4n) is 5.46. The molecule has 1 fully saturated rings. The molecule has 1 saturated heterocycles. The van der Waals surface area contributed by atoms with Gasteiger partial charge in [0.2, 0.25) is 0 Å². The van der Waals surface area contributed by atoms with E-state index in [1.54, 1.807) is 0 Å². The molecule has 0 aromatic heterocycles. The molecule has 2 atom stereocenters. The van der Waals surface area contributed by atoms with Gasteiger partial charge < -0.3 is 4.74 Å². The minimum absolute atomic E-state index is 0.0695. The Bertz CT molecular complexity index is 1080.